The number of hydrogen-bond donors (Lipinski definition) is 2. The molecule has 2 aromatic carbocycles. The van der Waals surface area contributed by atoms with Crippen molar-refractivity contribution in [1.82, 2.24) is 9.97 Å². The van der Waals surface area contributed by atoms with E-state index in [0.29, 0.717) is 16.0 Å². The van der Waals surface area contributed by atoms with Gasteiger partial charge in [-0.1, -0.05) is 34.1 Å². The molecule has 0 amide bonds. The van der Waals surface area contributed by atoms with Crippen LogP contribution in [0.15, 0.2) is 47.2 Å². The summed E-state index contributed by atoms with van der Waals surface area (Å²) < 4.78 is 0.704. The first-order valence-corrected chi connectivity index (χ1v) is 10.6. The van der Waals surface area contributed by atoms with E-state index in [4.69, 9.17) is 0 Å². The molecule has 0 radical (unpaired) electrons. The molecule has 2 heterocycles. The second-order valence-corrected chi connectivity index (χ2v) is 8.97. The summed E-state index contributed by atoms with van der Waals surface area (Å²) >= 11 is 4.94. The average Bonchev–Trinajstić information content (AvgIpc) is 3.02. The van der Waals surface area contributed by atoms with Crippen molar-refractivity contribution in [2.24, 2.45) is 0 Å². The van der Waals surface area contributed by atoms with Crippen LogP contribution < -0.4 is 5.32 Å². The maximum absolute atomic E-state index is 11.7. The molecule has 0 spiro atoms. The number of aromatic carboxylic acids is 1. The van der Waals surface area contributed by atoms with E-state index in [2.05, 4.69) is 70.2 Å². The standard InChI is InChI=1S/C22H18BrN3O2S/c1-11-4-5-14(8-12(11)2)18-13(3)29-21-19(18)20(24-10-25-21)26-17-7-6-15(23)9-16(17)22(27)28/h4-10H,1-3H3,(H,27,28)(H,24,25,26). The summed E-state index contributed by atoms with van der Waals surface area (Å²) in [5.41, 5.74) is 5.28. The molecule has 0 aliphatic heterocycles. The van der Waals surface area contributed by atoms with Crippen LogP contribution in [-0.4, -0.2) is 21.0 Å². The summed E-state index contributed by atoms with van der Waals surface area (Å²) in [5.74, 6) is -0.410. The third-order valence-corrected chi connectivity index (χ3v) is 6.43. The SMILES string of the molecule is Cc1ccc(-c2c(C)sc3ncnc(Nc4ccc(Br)cc4C(=O)O)c23)cc1C. The van der Waals surface area contributed by atoms with Crippen LogP contribution in [0.3, 0.4) is 0 Å². The highest BCUT2D eigenvalue weighted by Gasteiger charge is 2.19. The van der Waals surface area contributed by atoms with Gasteiger partial charge in [0.15, 0.2) is 0 Å². The van der Waals surface area contributed by atoms with E-state index in [0.717, 1.165) is 26.2 Å². The molecule has 7 heteroatoms. The molecule has 0 bridgehead atoms. The van der Waals surface area contributed by atoms with E-state index in [1.54, 1.807) is 29.5 Å². The van der Waals surface area contributed by atoms with Crippen molar-refractivity contribution in [2.45, 2.75) is 20.8 Å². The Bertz CT molecular complexity index is 1270. The Hall–Kier alpha value is -2.77. The van der Waals surface area contributed by atoms with Crippen LogP contribution in [0.2, 0.25) is 0 Å². The minimum absolute atomic E-state index is 0.172. The molecule has 2 N–H and O–H groups in total. The molecule has 2 aromatic heterocycles. The van der Waals surface area contributed by atoms with Crippen LogP contribution in [0, 0.1) is 20.8 Å². The molecule has 0 atom stereocenters. The third-order valence-electron chi connectivity index (χ3n) is 4.93. The van der Waals surface area contributed by atoms with Crippen molar-refractivity contribution in [3.05, 3.63) is 68.8 Å². The third kappa shape index (κ3) is 3.63. The van der Waals surface area contributed by atoms with Crippen LogP contribution in [0.1, 0.15) is 26.4 Å². The van der Waals surface area contributed by atoms with Gasteiger partial charge in [-0.25, -0.2) is 14.8 Å². The lowest BCUT2D eigenvalue weighted by atomic mass is 9.99. The molecule has 4 rings (SSSR count). The number of halogens is 1. The van der Waals surface area contributed by atoms with Gasteiger partial charge >= 0.3 is 5.97 Å². The Morgan fingerprint density at radius 1 is 1.07 bits per heavy atom. The number of carboxylic acid groups (broad SMARTS) is 1. The number of aryl methyl sites for hydroxylation is 3. The second kappa shape index (κ2) is 7.57. The monoisotopic (exact) mass is 467 g/mol. The van der Waals surface area contributed by atoms with Gasteiger partial charge in [-0.2, -0.15) is 0 Å². The Kier molecular flexibility index (Phi) is 5.10. The maximum Gasteiger partial charge on any atom is 0.337 e. The Labute approximate surface area is 180 Å². The van der Waals surface area contributed by atoms with Crippen molar-refractivity contribution in [1.29, 1.82) is 0 Å². The largest absolute Gasteiger partial charge is 0.478 e. The quantitative estimate of drug-likeness (QED) is 0.358. The van der Waals surface area contributed by atoms with Crippen molar-refractivity contribution >= 4 is 55.0 Å². The lowest BCUT2D eigenvalue weighted by molar-refractivity contribution is 0.0698. The summed E-state index contributed by atoms with van der Waals surface area (Å²) in [6.07, 6.45) is 1.50. The summed E-state index contributed by atoms with van der Waals surface area (Å²) in [4.78, 5) is 22.6. The van der Waals surface area contributed by atoms with Crippen LogP contribution in [-0.2, 0) is 0 Å². The molecule has 0 aliphatic rings. The fourth-order valence-corrected chi connectivity index (χ4v) is 4.69. The number of carboxylic acids is 1. The number of thiophene rings is 1. The summed E-state index contributed by atoms with van der Waals surface area (Å²) in [6.45, 7) is 6.26. The van der Waals surface area contributed by atoms with E-state index in [-0.39, 0.29) is 5.56 Å². The van der Waals surface area contributed by atoms with Crippen LogP contribution in [0.5, 0.6) is 0 Å². The molecule has 146 valence electrons. The van der Waals surface area contributed by atoms with E-state index in [1.165, 1.54) is 17.5 Å². The molecule has 0 saturated carbocycles. The molecule has 0 unspecified atom stereocenters. The van der Waals surface area contributed by atoms with Crippen molar-refractivity contribution < 1.29 is 9.90 Å². The molecule has 4 aromatic rings. The number of anilines is 2. The van der Waals surface area contributed by atoms with Gasteiger partial charge in [0.05, 0.1) is 16.6 Å². The van der Waals surface area contributed by atoms with Crippen LogP contribution in [0.25, 0.3) is 21.3 Å². The fraction of sp³-hybridized carbons (Fsp3) is 0.136. The zero-order chi connectivity index (χ0) is 20.7. The van der Waals surface area contributed by atoms with Crippen molar-refractivity contribution in [2.75, 3.05) is 5.32 Å². The Balaban J connectivity index is 1.91. The van der Waals surface area contributed by atoms with Gasteiger partial charge in [0, 0.05) is 14.9 Å². The van der Waals surface area contributed by atoms with Gasteiger partial charge in [-0.15, -0.1) is 11.3 Å². The lowest BCUT2D eigenvalue weighted by Gasteiger charge is -2.12. The summed E-state index contributed by atoms with van der Waals surface area (Å²) in [7, 11) is 0. The smallest absolute Gasteiger partial charge is 0.337 e. The topological polar surface area (TPSA) is 75.1 Å². The fourth-order valence-electron chi connectivity index (χ4n) is 3.31. The maximum atomic E-state index is 11.7. The Morgan fingerprint density at radius 2 is 1.86 bits per heavy atom. The molecule has 0 aliphatic carbocycles. The lowest BCUT2D eigenvalue weighted by Crippen LogP contribution is -2.04. The minimum Gasteiger partial charge on any atom is -0.478 e. The van der Waals surface area contributed by atoms with E-state index in [9.17, 15) is 9.90 Å². The number of carbonyl (C=O) groups is 1. The summed E-state index contributed by atoms with van der Waals surface area (Å²) in [5, 5.41) is 13.7. The Morgan fingerprint density at radius 3 is 2.59 bits per heavy atom. The number of fused-ring (bicyclic) bond motifs is 1. The van der Waals surface area contributed by atoms with Gasteiger partial charge in [-0.05, 0) is 55.7 Å². The number of rotatable bonds is 4. The first-order valence-electron chi connectivity index (χ1n) is 8.96. The molecule has 0 fully saturated rings. The average molecular weight is 468 g/mol. The first-order chi connectivity index (χ1) is 13.8. The number of hydrogen-bond acceptors (Lipinski definition) is 5. The molecular weight excluding hydrogens is 450 g/mol. The van der Waals surface area contributed by atoms with Crippen LogP contribution in [0.4, 0.5) is 11.5 Å². The normalized spacial score (nSPS) is 11.0. The number of benzene rings is 2. The molecule has 5 nitrogen and oxygen atoms in total. The number of nitrogens with zero attached hydrogens (tertiary/aromatic N) is 2. The van der Waals surface area contributed by atoms with Crippen LogP contribution >= 0.6 is 27.3 Å². The molecular formula is C22H18BrN3O2S. The molecule has 0 saturated heterocycles. The van der Waals surface area contributed by atoms with E-state index >= 15 is 0 Å². The van der Waals surface area contributed by atoms with Gasteiger partial charge < -0.3 is 10.4 Å². The van der Waals surface area contributed by atoms with Gasteiger partial charge in [0.25, 0.3) is 0 Å². The van der Waals surface area contributed by atoms with Gasteiger partial charge in [-0.3, -0.25) is 0 Å². The predicted octanol–water partition coefficient (Wildman–Crippen LogP) is 6.49. The highest BCUT2D eigenvalue weighted by atomic mass is 79.9. The highest BCUT2D eigenvalue weighted by molar-refractivity contribution is 9.10. The van der Waals surface area contributed by atoms with Gasteiger partial charge in [0.2, 0.25) is 0 Å². The second-order valence-electron chi connectivity index (χ2n) is 6.85. The van der Waals surface area contributed by atoms with Crippen molar-refractivity contribution in [3.63, 3.8) is 0 Å². The minimum atomic E-state index is -1.00. The van der Waals surface area contributed by atoms with E-state index < -0.39 is 5.97 Å². The molecule has 29 heavy (non-hydrogen) atoms. The number of nitrogens with one attached hydrogen (secondary N) is 1. The van der Waals surface area contributed by atoms with Gasteiger partial charge in [0.1, 0.15) is 17.0 Å². The zero-order valence-electron chi connectivity index (χ0n) is 16.1. The summed E-state index contributed by atoms with van der Waals surface area (Å²) in [6, 6.07) is 11.5. The highest BCUT2D eigenvalue weighted by Crippen LogP contribution is 2.41. The van der Waals surface area contributed by atoms with E-state index in [1.807, 2.05) is 0 Å². The first kappa shape index (κ1) is 19.5. The van der Waals surface area contributed by atoms with Crippen molar-refractivity contribution in [3.8, 4) is 11.1 Å². The number of aromatic nitrogens is 2. The predicted molar refractivity (Wildman–Crippen MR) is 121 cm³/mol. The zero-order valence-corrected chi connectivity index (χ0v) is 18.5.